The molecule has 0 saturated heterocycles. The Morgan fingerprint density at radius 2 is 2.06 bits per heavy atom. The van der Waals surface area contributed by atoms with E-state index in [1.54, 1.807) is 19.9 Å². The van der Waals surface area contributed by atoms with E-state index in [0.717, 1.165) is 30.4 Å². The van der Waals surface area contributed by atoms with Crippen LogP contribution < -0.4 is 0 Å². The Morgan fingerprint density at radius 3 is 2.65 bits per heavy atom. The topological polar surface area (TPSA) is 46.5 Å². The standard InChI is InChI=1S/C14H20O3/c1-4-6-7-11-8-10(3)13(15)12(9-11)14(16)17-5-2/h8-9,15H,4-7H2,1-3H3. The molecule has 17 heavy (non-hydrogen) atoms. The van der Waals surface area contributed by atoms with Crippen LogP contribution in [0, 0.1) is 6.92 Å². The Bertz CT molecular complexity index is 397. The molecule has 0 unspecified atom stereocenters. The highest BCUT2D eigenvalue weighted by atomic mass is 16.5. The highest BCUT2D eigenvalue weighted by Crippen LogP contribution is 2.25. The largest absolute Gasteiger partial charge is 0.507 e. The van der Waals surface area contributed by atoms with Crippen molar-refractivity contribution < 1.29 is 14.6 Å². The lowest BCUT2D eigenvalue weighted by atomic mass is 10.0. The number of aryl methyl sites for hydroxylation is 2. The van der Waals surface area contributed by atoms with Crippen LogP contribution in [0.1, 0.15) is 48.2 Å². The maximum Gasteiger partial charge on any atom is 0.341 e. The molecule has 0 radical (unpaired) electrons. The molecule has 3 nitrogen and oxygen atoms in total. The van der Waals surface area contributed by atoms with Crippen molar-refractivity contribution in [3.05, 3.63) is 28.8 Å². The zero-order valence-corrected chi connectivity index (χ0v) is 10.7. The van der Waals surface area contributed by atoms with Gasteiger partial charge in [0, 0.05) is 0 Å². The zero-order chi connectivity index (χ0) is 12.8. The molecule has 1 N–H and O–H groups in total. The van der Waals surface area contributed by atoms with Gasteiger partial charge in [0.1, 0.15) is 11.3 Å². The highest BCUT2D eigenvalue weighted by molar-refractivity contribution is 5.93. The number of phenolic OH excluding ortho intramolecular Hbond substituents is 1. The number of carbonyl (C=O) groups excluding carboxylic acids is 1. The van der Waals surface area contributed by atoms with E-state index in [1.807, 2.05) is 6.07 Å². The average Bonchev–Trinajstić information content (AvgIpc) is 2.30. The summed E-state index contributed by atoms with van der Waals surface area (Å²) < 4.78 is 4.92. The minimum atomic E-state index is -0.452. The van der Waals surface area contributed by atoms with Crippen LogP contribution in [0.25, 0.3) is 0 Å². The molecule has 0 atom stereocenters. The number of carbonyl (C=O) groups is 1. The van der Waals surface area contributed by atoms with Crippen molar-refractivity contribution in [1.29, 1.82) is 0 Å². The van der Waals surface area contributed by atoms with Gasteiger partial charge in [-0.3, -0.25) is 0 Å². The van der Waals surface area contributed by atoms with E-state index in [-0.39, 0.29) is 11.3 Å². The molecule has 1 rings (SSSR count). The van der Waals surface area contributed by atoms with Crippen LogP contribution in [-0.4, -0.2) is 17.7 Å². The first kappa shape index (κ1) is 13.6. The summed E-state index contributed by atoms with van der Waals surface area (Å²) in [7, 11) is 0. The maximum atomic E-state index is 11.7. The molecule has 0 saturated carbocycles. The monoisotopic (exact) mass is 236 g/mol. The molecule has 0 aromatic heterocycles. The molecule has 3 heteroatoms. The molecule has 0 heterocycles. The number of ether oxygens (including phenoxy) is 1. The Balaban J connectivity index is 3.02. The van der Waals surface area contributed by atoms with E-state index in [0.29, 0.717) is 6.61 Å². The van der Waals surface area contributed by atoms with Crippen LogP contribution >= 0.6 is 0 Å². The Kier molecular flexibility index (Phi) is 5.01. The van der Waals surface area contributed by atoms with Gasteiger partial charge < -0.3 is 9.84 Å². The predicted octanol–water partition coefficient (Wildman–Crippen LogP) is 3.22. The van der Waals surface area contributed by atoms with Crippen LogP contribution in [0.3, 0.4) is 0 Å². The quantitative estimate of drug-likeness (QED) is 0.798. The third-order valence-electron chi connectivity index (χ3n) is 2.67. The van der Waals surface area contributed by atoms with E-state index in [4.69, 9.17) is 4.74 Å². The van der Waals surface area contributed by atoms with Crippen LogP contribution in [0.2, 0.25) is 0 Å². The van der Waals surface area contributed by atoms with Crippen molar-refractivity contribution in [3.63, 3.8) is 0 Å². The molecule has 0 spiro atoms. The van der Waals surface area contributed by atoms with Crippen molar-refractivity contribution in [3.8, 4) is 5.75 Å². The first-order valence-electron chi connectivity index (χ1n) is 6.09. The van der Waals surface area contributed by atoms with E-state index in [9.17, 15) is 9.90 Å². The van der Waals surface area contributed by atoms with Gasteiger partial charge in [0.25, 0.3) is 0 Å². The molecule has 94 valence electrons. The number of benzene rings is 1. The molecule has 1 aromatic rings. The summed E-state index contributed by atoms with van der Waals surface area (Å²) in [6.07, 6.45) is 3.10. The normalized spacial score (nSPS) is 10.3. The predicted molar refractivity (Wildman–Crippen MR) is 67.4 cm³/mol. The Hall–Kier alpha value is -1.51. The van der Waals surface area contributed by atoms with Crippen LogP contribution in [0.4, 0.5) is 0 Å². The second-order valence-electron chi connectivity index (χ2n) is 4.13. The molecule has 0 aliphatic heterocycles. The third-order valence-corrected chi connectivity index (χ3v) is 2.67. The molecule has 0 aliphatic carbocycles. The van der Waals surface area contributed by atoms with Crippen LogP contribution in [0.15, 0.2) is 12.1 Å². The van der Waals surface area contributed by atoms with E-state index >= 15 is 0 Å². The van der Waals surface area contributed by atoms with Crippen molar-refractivity contribution >= 4 is 5.97 Å². The fraction of sp³-hybridized carbons (Fsp3) is 0.500. The highest BCUT2D eigenvalue weighted by Gasteiger charge is 2.15. The van der Waals surface area contributed by atoms with Gasteiger partial charge in [-0.2, -0.15) is 0 Å². The van der Waals surface area contributed by atoms with Crippen LogP contribution in [-0.2, 0) is 11.2 Å². The minimum Gasteiger partial charge on any atom is -0.507 e. The molecule has 0 bridgehead atoms. The van der Waals surface area contributed by atoms with Gasteiger partial charge in [-0.25, -0.2) is 4.79 Å². The summed E-state index contributed by atoms with van der Waals surface area (Å²) in [4.78, 5) is 11.7. The van der Waals surface area contributed by atoms with Gasteiger partial charge in [-0.05, 0) is 43.9 Å². The van der Waals surface area contributed by atoms with E-state index < -0.39 is 5.97 Å². The molecular formula is C14H20O3. The smallest absolute Gasteiger partial charge is 0.341 e. The summed E-state index contributed by atoms with van der Waals surface area (Å²) in [6, 6.07) is 3.66. The fourth-order valence-electron chi connectivity index (χ4n) is 1.74. The van der Waals surface area contributed by atoms with Gasteiger partial charge in [-0.1, -0.05) is 19.4 Å². The number of hydrogen-bond donors (Lipinski definition) is 1. The molecule has 0 aliphatic rings. The van der Waals surface area contributed by atoms with E-state index in [1.165, 1.54) is 0 Å². The third kappa shape index (κ3) is 3.48. The number of unbranched alkanes of at least 4 members (excludes halogenated alkanes) is 1. The van der Waals surface area contributed by atoms with Gasteiger partial charge in [0.15, 0.2) is 0 Å². The first-order chi connectivity index (χ1) is 8.10. The SMILES string of the molecule is CCCCc1cc(C)c(O)c(C(=O)OCC)c1. The van der Waals surface area contributed by atoms with Crippen molar-refractivity contribution in [2.75, 3.05) is 6.61 Å². The summed E-state index contributed by atoms with van der Waals surface area (Å²) in [5.74, 6) is -0.421. The lowest BCUT2D eigenvalue weighted by molar-refractivity contribution is 0.0522. The minimum absolute atomic E-state index is 0.0312. The lowest BCUT2D eigenvalue weighted by Crippen LogP contribution is -2.06. The van der Waals surface area contributed by atoms with Crippen molar-refractivity contribution in [2.24, 2.45) is 0 Å². The first-order valence-corrected chi connectivity index (χ1v) is 6.09. The number of aromatic hydroxyl groups is 1. The Labute approximate surface area is 102 Å². The van der Waals surface area contributed by atoms with Crippen molar-refractivity contribution in [2.45, 2.75) is 40.0 Å². The van der Waals surface area contributed by atoms with Crippen LogP contribution in [0.5, 0.6) is 5.75 Å². The molecule has 0 fully saturated rings. The zero-order valence-electron chi connectivity index (χ0n) is 10.7. The second-order valence-corrected chi connectivity index (χ2v) is 4.13. The van der Waals surface area contributed by atoms with Gasteiger partial charge in [0.2, 0.25) is 0 Å². The average molecular weight is 236 g/mol. The Morgan fingerprint density at radius 1 is 1.35 bits per heavy atom. The number of hydrogen-bond acceptors (Lipinski definition) is 3. The number of esters is 1. The van der Waals surface area contributed by atoms with E-state index in [2.05, 4.69) is 6.92 Å². The molecule has 1 aromatic carbocycles. The number of rotatable bonds is 5. The molecule has 0 amide bonds. The summed E-state index contributed by atoms with van der Waals surface area (Å²) in [5.41, 5.74) is 2.07. The van der Waals surface area contributed by atoms with Crippen molar-refractivity contribution in [1.82, 2.24) is 0 Å². The fourth-order valence-corrected chi connectivity index (χ4v) is 1.74. The van der Waals surface area contributed by atoms with Gasteiger partial charge in [-0.15, -0.1) is 0 Å². The maximum absolute atomic E-state index is 11.7. The second kappa shape index (κ2) is 6.28. The number of phenols is 1. The van der Waals surface area contributed by atoms with Gasteiger partial charge >= 0.3 is 5.97 Å². The summed E-state index contributed by atoms with van der Waals surface area (Å²) in [5, 5.41) is 9.84. The van der Waals surface area contributed by atoms with Gasteiger partial charge in [0.05, 0.1) is 6.61 Å². The summed E-state index contributed by atoms with van der Waals surface area (Å²) in [6.45, 7) is 5.99. The molecular weight excluding hydrogens is 216 g/mol. The summed E-state index contributed by atoms with van der Waals surface area (Å²) >= 11 is 0. The lowest BCUT2D eigenvalue weighted by Gasteiger charge is -2.10.